The lowest BCUT2D eigenvalue weighted by Gasteiger charge is -2.19. The van der Waals surface area contributed by atoms with Gasteiger partial charge in [0.15, 0.2) is 0 Å². The molecule has 4 aromatic rings. The predicted molar refractivity (Wildman–Crippen MR) is 113 cm³/mol. The first kappa shape index (κ1) is 19.5. The topological polar surface area (TPSA) is 84.8 Å². The van der Waals surface area contributed by atoms with Crippen molar-refractivity contribution in [3.05, 3.63) is 66.2 Å². The molecule has 8 nitrogen and oxygen atoms in total. The molecule has 3 heterocycles. The number of aromatic nitrogens is 4. The molecular formula is C22H23N5O3. The number of nitrogens with zero attached hydrogens (tertiary/aromatic N) is 4. The van der Waals surface area contributed by atoms with E-state index in [0.29, 0.717) is 36.0 Å². The van der Waals surface area contributed by atoms with Crippen LogP contribution in [0.1, 0.15) is 23.1 Å². The van der Waals surface area contributed by atoms with Gasteiger partial charge >= 0.3 is 0 Å². The number of rotatable bonds is 7. The number of benzene rings is 1. The molecule has 0 aliphatic carbocycles. The first-order chi connectivity index (χ1) is 14.6. The highest BCUT2D eigenvalue weighted by Crippen LogP contribution is 2.32. The maximum Gasteiger partial charge on any atom is 0.272 e. The van der Waals surface area contributed by atoms with Crippen LogP contribution < -0.4 is 9.47 Å². The summed E-state index contributed by atoms with van der Waals surface area (Å²) in [6.45, 7) is 2.94. The smallest absolute Gasteiger partial charge is 0.272 e. The lowest BCUT2D eigenvalue weighted by molar-refractivity contribution is 0.0744. The third-order valence-electron chi connectivity index (χ3n) is 5.01. The molecule has 3 aromatic heterocycles. The Morgan fingerprint density at radius 1 is 1.17 bits per heavy atom. The summed E-state index contributed by atoms with van der Waals surface area (Å²) in [5, 5.41) is 7.19. The zero-order chi connectivity index (χ0) is 21.1. The third kappa shape index (κ3) is 3.59. The SMILES string of the molecule is CCN(Cc1cnc2ccccn12)C(=O)c1cc(-c2cc(OC)ccc2OC)n[nH]1. The molecule has 0 unspecified atom stereocenters. The van der Waals surface area contributed by atoms with E-state index in [1.165, 1.54) is 0 Å². The van der Waals surface area contributed by atoms with Crippen LogP contribution in [0.15, 0.2) is 54.9 Å². The molecule has 0 fully saturated rings. The fourth-order valence-electron chi connectivity index (χ4n) is 3.38. The van der Waals surface area contributed by atoms with E-state index in [1.807, 2.05) is 53.9 Å². The van der Waals surface area contributed by atoms with Gasteiger partial charge in [-0.05, 0) is 43.3 Å². The summed E-state index contributed by atoms with van der Waals surface area (Å²) < 4.78 is 12.7. The Morgan fingerprint density at radius 2 is 2.03 bits per heavy atom. The number of hydrogen-bond donors (Lipinski definition) is 1. The summed E-state index contributed by atoms with van der Waals surface area (Å²) in [7, 11) is 3.20. The largest absolute Gasteiger partial charge is 0.497 e. The van der Waals surface area contributed by atoms with Gasteiger partial charge in [0.05, 0.1) is 38.3 Å². The maximum atomic E-state index is 13.1. The first-order valence-corrected chi connectivity index (χ1v) is 9.62. The molecule has 1 amide bonds. The Hall–Kier alpha value is -3.81. The second-order valence-electron chi connectivity index (χ2n) is 6.73. The van der Waals surface area contributed by atoms with Gasteiger partial charge in [0.1, 0.15) is 22.8 Å². The van der Waals surface area contributed by atoms with Crippen LogP contribution in [0.3, 0.4) is 0 Å². The Bertz CT molecular complexity index is 1180. The number of carbonyl (C=O) groups is 1. The number of amides is 1. The van der Waals surface area contributed by atoms with Crippen LogP contribution >= 0.6 is 0 Å². The lowest BCUT2D eigenvalue weighted by atomic mass is 10.1. The number of ether oxygens (including phenoxy) is 2. The molecule has 154 valence electrons. The second-order valence-corrected chi connectivity index (χ2v) is 6.73. The Labute approximate surface area is 174 Å². The Kier molecular flexibility index (Phi) is 5.38. The summed E-state index contributed by atoms with van der Waals surface area (Å²) >= 11 is 0. The molecule has 30 heavy (non-hydrogen) atoms. The van der Waals surface area contributed by atoms with E-state index in [9.17, 15) is 4.79 Å². The van der Waals surface area contributed by atoms with Gasteiger partial charge < -0.3 is 18.8 Å². The van der Waals surface area contributed by atoms with Crippen molar-refractivity contribution < 1.29 is 14.3 Å². The van der Waals surface area contributed by atoms with Crippen LogP contribution in [0, 0.1) is 0 Å². The molecule has 0 radical (unpaired) electrons. The van der Waals surface area contributed by atoms with Crippen molar-refractivity contribution in [1.82, 2.24) is 24.5 Å². The van der Waals surface area contributed by atoms with Crippen LogP contribution in [-0.2, 0) is 6.54 Å². The van der Waals surface area contributed by atoms with Crippen molar-refractivity contribution in [2.45, 2.75) is 13.5 Å². The molecule has 8 heteroatoms. The van der Waals surface area contributed by atoms with Crippen molar-refractivity contribution >= 4 is 11.6 Å². The predicted octanol–water partition coefficient (Wildman–Crippen LogP) is 3.40. The number of imidazole rings is 1. The van der Waals surface area contributed by atoms with Crippen molar-refractivity contribution in [2.75, 3.05) is 20.8 Å². The van der Waals surface area contributed by atoms with Gasteiger partial charge in [0.25, 0.3) is 5.91 Å². The quantitative estimate of drug-likeness (QED) is 0.509. The van der Waals surface area contributed by atoms with Crippen LogP contribution in [-0.4, -0.2) is 51.2 Å². The normalized spacial score (nSPS) is 10.9. The molecule has 0 saturated heterocycles. The number of hydrogen-bond acceptors (Lipinski definition) is 5. The number of carbonyl (C=O) groups excluding carboxylic acids is 1. The van der Waals surface area contributed by atoms with Gasteiger partial charge in [-0.15, -0.1) is 0 Å². The van der Waals surface area contributed by atoms with E-state index in [2.05, 4.69) is 15.2 Å². The zero-order valence-electron chi connectivity index (χ0n) is 17.1. The summed E-state index contributed by atoms with van der Waals surface area (Å²) in [6, 6.07) is 13.0. The van der Waals surface area contributed by atoms with Crippen LogP contribution in [0.4, 0.5) is 0 Å². The standard InChI is InChI=1S/C22H23N5O3/c1-4-26(14-15-13-23-21-7-5-6-10-27(15)21)22(28)19-12-18(24-25-19)17-11-16(29-2)8-9-20(17)30-3/h5-13H,4,14H2,1-3H3,(H,24,25). The minimum Gasteiger partial charge on any atom is -0.497 e. The maximum absolute atomic E-state index is 13.1. The van der Waals surface area contributed by atoms with Gasteiger partial charge in [0.2, 0.25) is 0 Å². The minimum absolute atomic E-state index is 0.135. The number of fused-ring (bicyclic) bond motifs is 1. The van der Waals surface area contributed by atoms with E-state index >= 15 is 0 Å². The van der Waals surface area contributed by atoms with Crippen molar-refractivity contribution in [1.29, 1.82) is 0 Å². The van der Waals surface area contributed by atoms with Crippen molar-refractivity contribution in [3.63, 3.8) is 0 Å². The average Bonchev–Trinajstić information content (AvgIpc) is 3.44. The van der Waals surface area contributed by atoms with Gasteiger partial charge in [0, 0.05) is 18.3 Å². The van der Waals surface area contributed by atoms with Gasteiger partial charge in [-0.1, -0.05) is 6.07 Å². The second kappa shape index (κ2) is 8.28. The van der Waals surface area contributed by atoms with Gasteiger partial charge in [-0.25, -0.2) is 4.98 Å². The highest BCUT2D eigenvalue weighted by atomic mass is 16.5. The molecule has 0 bridgehead atoms. The number of aromatic amines is 1. The fraction of sp³-hybridized carbons (Fsp3) is 0.227. The number of pyridine rings is 1. The van der Waals surface area contributed by atoms with E-state index < -0.39 is 0 Å². The summed E-state index contributed by atoms with van der Waals surface area (Å²) in [4.78, 5) is 19.3. The fourth-order valence-corrected chi connectivity index (χ4v) is 3.38. The molecule has 0 aliphatic rings. The van der Waals surface area contributed by atoms with E-state index in [0.717, 1.165) is 16.9 Å². The average molecular weight is 405 g/mol. The van der Waals surface area contributed by atoms with Crippen LogP contribution in [0.5, 0.6) is 11.5 Å². The molecule has 0 aliphatic heterocycles. The number of methoxy groups -OCH3 is 2. The highest BCUT2D eigenvalue weighted by Gasteiger charge is 2.20. The molecular weight excluding hydrogens is 382 g/mol. The monoisotopic (exact) mass is 405 g/mol. The lowest BCUT2D eigenvalue weighted by Crippen LogP contribution is -2.31. The Morgan fingerprint density at radius 3 is 2.80 bits per heavy atom. The summed E-state index contributed by atoms with van der Waals surface area (Å²) in [6.07, 6.45) is 3.74. The molecule has 0 saturated carbocycles. The van der Waals surface area contributed by atoms with E-state index in [1.54, 1.807) is 31.4 Å². The van der Waals surface area contributed by atoms with Gasteiger partial charge in [-0.3, -0.25) is 9.89 Å². The first-order valence-electron chi connectivity index (χ1n) is 9.62. The highest BCUT2D eigenvalue weighted by molar-refractivity contribution is 5.93. The molecule has 1 aromatic carbocycles. The number of nitrogens with one attached hydrogen (secondary N) is 1. The molecule has 0 atom stereocenters. The van der Waals surface area contributed by atoms with Crippen molar-refractivity contribution in [3.8, 4) is 22.8 Å². The summed E-state index contributed by atoms with van der Waals surface area (Å²) in [5.41, 5.74) is 3.56. The molecule has 4 rings (SSSR count). The van der Waals surface area contributed by atoms with E-state index in [-0.39, 0.29) is 5.91 Å². The number of H-pyrrole nitrogens is 1. The van der Waals surface area contributed by atoms with Crippen LogP contribution in [0.2, 0.25) is 0 Å². The van der Waals surface area contributed by atoms with Crippen molar-refractivity contribution in [2.24, 2.45) is 0 Å². The molecule has 0 spiro atoms. The summed E-state index contributed by atoms with van der Waals surface area (Å²) in [5.74, 6) is 1.20. The molecule has 1 N–H and O–H groups in total. The zero-order valence-corrected chi connectivity index (χ0v) is 17.1. The minimum atomic E-state index is -0.135. The third-order valence-corrected chi connectivity index (χ3v) is 5.01. The van der Waals surface area contributed by atoms with Crippen LogP contribution in [0.25, 0.3) is 16.9 Å². The van der Waals surface area contributed by atoms with Gasteiger partial charge in [-0.2, -0.15) is 5.10 Å². The van der Waals surface area contributed by atoms with E-state index in [4.69, 9.17) is 9.47 Å². The Balaban J connectivity index is 1.60.